The Kier molecular flexibility index (Phi) is 8.10. The molecule has 2 N–H and O–H groups in total. The van der Waals surface area contributed by atoms with Gasteiger partial charge in [-0.2, -0.15) is 0 Å². The van der Waals surface area contributed by atoms with Crippen LogP contribution in [0.5, 0.6) is 5.75 Å². The van der Waals surface area contributed by atoms with E-state index >= 15 is 0 Å². The molecule has 1 aliphatic carbocycles. The Bertz CT molecular complexity index is 727. The largest absolute Gasteiger partial charge is 0.495 e. The summed E-state index contributed by atoms with van der Waals surface area (Å²) < 4.78 is 33.6. The van der Waals surface area contributed by atoms with Gasteiger partial charge in [-0.05, 0) is 44.4 Å². The Hall–Kier alpha value is -1.60. The average molecular weight is 397 g/mol. The fourth-order valence-electron chi connectivity index (χ4n) is 3.43. The van der Waals surface area contributed by atoms with Crippen molar-refractivity contribution in [3.8, 4) is 5.75 Å². The second-order valence-corrected chi connectivity index (χ2v) is 9.02. The van der Waals surface area contributed by atoms with Gasteiger partial charge >= 0.3 is 0 Å². The SMILES string of the molecule is CCCCCC(C)NC(=O)c1ccc(OC)c(S(=O)(=O)NC2CCCC2)c1. The van der Waals surface area contributed by atoms with Gasteiger partial charge in [0.1, 0.15) is 10.6 Å². The van der Waals surface area contributed by atoms with Crippen molar-refractivity contribution < 1.29 is 17.9 Å². The number of sulfonamides is 1. The van der Waals surface area contributed by atoms with Crippen molar-refractivity contribution in [1.82, 2.24) is 10.0 Å². The molecule has 0 radical (unpaired) electrons. The Morgan fingerprint density at radius 3 is 2.59 bits per heavy atom. The molecule has 2 rings (SSSR count). The van der Waals surface area contributed by atoms with Crippen LogP contribution in [0.15, 0.2) is 23.1 Å². The summed E-state index contributed by atoms with van der Waals surface area (Å²) in [5, 5.41) is 2.95. The highest BCUT2D eigenvalue weighted by atomic mass is 32.2. The van der Waals surface area contributed by atoms with Gasteiger partial charge in [-0.25, -0.2) is 13.1 Å². The molecule has 0 aromatic heterocycles. The second kappa shape index (κ2) is 10.1. The van der Waals surface area contributed by atoms with Crippen LogP contribution in [0.2, 0.25) is 0 Å². The maximum absolute atomic E-state index is 12.8. The number of ether oxygens (including phenoxy) is 1. The first kappa shape index (κ1) is 21.7. The third-order valence-corrected chi connectivity index (χ3v) is 6.55. The summed E-state index contributed by atoms with van der Waals surface area (Å²) in [6.45, 7) is 4.11. The number of benzene rings is 1. The van der Waals surface area contributed by atoms with Crippen molar-refractivity contribution in [3.05, 3.63) is 23.8 Å². The predicted octanol–water partition coefficient (Wildman–Crippen LogP) is 3.61. The number of carbonyl (C=O) groups excluding carboxylic acids is 1. The molecule has 1 unspecified atom stereocenters. The molecule has 6 nitrogen and oxygen atoms in total. The maximum Gasteiger partial charge on any atom is 0.251 e. The fraction of sp³-hybridized carbons (Fsp3) is 0.650. The summed E-state index contributed by atoms with van der Waals surface area (Å²) in [4.78, 5) is 12.6. The lowest BCUT2D eigenvalue weighted by atomic mass is 10.1. The molecule has 7 heteroatoms. The van der Waals surface area contributed by atoms with Crippen molar-refractivity contribution in [3.63, 3.8) is 0 Å². The van der Waals surface area contributed by atoms with Gasteiger partial charge in [-0.15, -0.1) is 0 Å². The van der Waals surface area contributed by atoms with E-state index < -0.39 is 10.0 Å². The van der Waals surface area contributed by atoms with Crippen molar-refractivity contribution in [2.45, 2.75) is 82.2 Å². The topological polar surface area (TPSA) is 84.5 Å². The minimum atomic E-state index is -3.74. The number of hydrogen-bond donors (Lipinski definition) is 2. The summed E-state index contributed by atoms with van der Waals surface area (Å²) in [7, 11) is -2.31. The molecule has 0 heterocycles. The normalized spacial score (nSPS) is 16.3. The number of amides is 1. The Labute approximate surface area is 163 Å². The van der Waals surface area contributed by atoms with Crippen LogP contribution in [0.3, 0.4) is 0 Å². The van der Waals surface area contributed by atoms with Crippen molar-refractivity contribution in [2.75, 3.05) is 7.11 Å². The first-order chi connectivity index (χ1) is 12.9. The molecular formula is C20H32N2O4S. The van der Waals surface area contributed by atoms with E-state index in [0.29, 0.717) is 5.56 Å². The number of rotatable bonds is 10. The van der Waals surface area contributed by atoms with Crippen LogP contribution in [0.25, 0.3) is 0 Å². The van der Waals surface area contributed by atoms with Crippen LogP contribution < -0.4 is 14.8 Å². The summed E-state index contributed by atoms with van der Waals surface area (Å²) >= 11 is 0. The average Bonchev–Trinajstić information content (AvgIpc) is 3.13. The Balaban J connectivity index is 2.14. The number of methoxy groups -OCH3 is 1. The quantitative estimate of drug-likeness (QED) is 0.592. The lowest BCUT2D eigenvalue weighted by Gasteiger charge is -2.17. The highest BCUT2D eigenvalue weighted by Crippen LogP contribution is 2.27. The minimum absolute atomic E-state index is 0.0168. The monoisotopic (exact) mass is 396 g/mol. The zero-order valence-electron chi connectivity index (χ0n) is 16.6. The van der Waals surface area contributed by atoms with Crippen LogP contribution in [0.4, 0.5) is 0 Å². The lowest BCUT2D eigenvalue weighted by Crippen LogP contribution is -2.34. The molecule has 1 saturated carbocycles. The first-order valence-electron chi connectivity index (χ1n) is 9.88. The van der Waals surface area contributed by atoms with Gasteiger partial charge in [-0.3, -0.25) is 4.79 Å². The molecule has 1 aromatic carbocycles. The lowest BCUT2D eigenvalue weighted by molar-refractivity contribution is 0.0937. The molecule has 0 saturated heterocycles. The summed E-state index contributed by atoms with van der Waals surface area (Å²) in [5.41, 5.74) is 0.324. The minimum Gasteiger partial charge on any atom is -0.495 e. The van der Waals surface area contributed by atoms with Gasteiger partial charge in [0.05, 0.1) is 7.11 Å². The van der Waals surface area contributed by atoms with Crippen molar-refractivity contribution >= 4 is 15.9 Å². The summed E-state index contributed by atoms with van der Waals surface area (Å²) in [6.07, 6.45) is 7.99. The Morgan fingerprint density at radius 2 is 1.96 bits per heavy atom. The molecule has 1 aliphatic rings. The summed E-state index contributed by atoms with van der Waals surface area (Å²) in [5.74, 6) is -0.0213. The summed E-state index contributed by atoms with van der Waals surface area (Å²) in [6, 6.07) is 4.55. The molecule has 0 spiro atoms. The van der Waals surface area contributed by atoms with Gasteiger partial charge < -0.3 is 10.1 Å². The van der Waals surface area contributed by atoms with Crippen LogP contribution in [-0.4, -0.2) is 33.5 Å². The van der Waals surface area contributed by atoms with Crippen LogP contribution in [0.1, 0.15) is 75.6 Å². The van der Waals surface area contributed by atoms with E-state index in [0.717, 1.165) is 51.4 Å². The van der Waals surface area contributed by atoms with Gasteiger partial charge in [0.2, 0.25) is 10.0 Å². The van der Waals surface area contributed by atoms with Gasteiger partial charge in [0, 0.05) is 17.6 Å². The Morgan fingerprint density at radius 1 is 1.26 bits per heavy atom. The highest BCUT2D eigenvalue weighted by molar-refractivity contribution is 7.89. The molecule has 0 bridgehead atoms. The smallest absolute Gasteiger partial charge is 0.251 e. The van der Waals surface area contributed by atoms with Crippen molar-refractivity contribution in [2.24, 2.45) is 0 Å². The number of nitrogens with one attached hydrogen (secondary N) is 2. The second-order valence-electron chi connectivity index (χ2n) is 7.34. The van der Waals surface area contributed by atoms with Gasteiger partial charge in [-0.1, -0.05) is 39.0 Å². The standard InChI is InChI=1S/C20H32N2O4S/c1-4-5-6-9-15(2)21-20(23)16-12-13-18(26-3)19(14-16)27(24,25)22-17-10-7-8-11-17/h12-15,17,22H,4-11H2,1-3H3,(H,21,23). The first-order valence-corrected chi connectivity index (χ1v) is 11.4. The predicted molar refractivity (Wildman–Crippen MR) is 107 cm³/mol. The van der Waals surface area contributed by atoms with E-state index in [1.165, 1.54) is 13.2 Å². The van der Waals surface area contributed by atoms with E-state index in [9.17, 15) is 13.2 Å². The molecule has 1 fully saturated rings. The zero-order chi connectivity index (χ0) is 19.9. The zero-order valence-corrected chi connectivity index (χ0v) is 17.4. The third kappa shape index (κ3) is 6.21. The van der Waals surface area contributed by atoms with E-state index in [1.54, 1.807) is 12.1 Å². The molecule has 1 amide bonds. The fourth-order valence-corrected chi connectivity index (χ4v) is 4.93. The molecule has 0 aliphatic heterocycles. The molecule has 152 valence electrons. The van der Waals surface area contributed by atoms with E-state index in [-0.39, 0.29) is 28.6 Å². The van der Waals surface area contributed by atoms with E-state index in [4.69, 9.17) is 4.74 Å². The van der Waals surface area contributed by atoms with Gasteiger partial charge in [0.25, 0.3) is 5.91 Å². The van der Waals surface area contributed by atoms with Crippen LogP contribution >= 0.6 is 0 Å². The highest BCUT2D eigenvalue weighted by Gasteiger charge is 2.26. The van der Waals surface area contributed by atoms with Crippen LogP contribution in [0, 0.1) is 0 Å². The third-order valence-electron chi connectivity index (χ3n) is 5.01. The van der Waals surface area contributed by atoms with Gasteiger partial charge in [0.15, 0.2) is 0 Å². The number of unbranched alkanes of at least 4 members (excludes halogenated alkanes) is 2. The maximum atomic E-state index is 12.8. The van der Waals surface area contributed by atoms with E-state index in [1.807, 2.05) is 6.92 Å². The molecule has 1 atom stereocenters. The number of hydrogen-bond acceptors (Lipinski definition) is 4. The molecular weight excluding hydrogens is 364 g/mol. The van der Waals surface area contributed by atoms with Crippen LogP contribution in [-0.2, 0) is 10.0 Å². The van der Waals surface area contributed by atoms with Crippen molar-refractivity contribution in [1.29, 1.82) is 0 Å². The molecule has 1 aromatic rings. The van der Waals surface area contributed by atoms with E-state index in [2.05, 4.69) is 17.0 Å². The molecule has 27 heavy (non-hydrogen) atoms. The number of carbonyl (C=O) groups is 1.